The molecule has 0 aliphatic carbocycles. The van der Waals surface area contributed by atoms with Crippen molar-refractivity contribution in [2.45, 2.75) is 39.3 Å². The summed E-state index contributed by atoms with van der Waals surface area (Å²) in [6.45, 7) is 4.95. The lowest BCUT2D eigenvalue weighted by atomic mass is 10.2. The summed E-state index contributed by atoms with van der Waals surface area (Å²) in [6, 6.07) is 0. The lowest BCUT2D eigenvalue weighted by Gasteiger charge is -2.20. The molecule has 0 radical (unpaired) electrons. The molecule has 1 unspecified atom stereocenters. The fourth-order valence-corrected chi connectivity index (χ4v) is 1.27. The van der Waals surface area contributed by atoms with Gasteiger partial charge in [-0.05, 0) is 13.3 Å². The minimum atomic E-state index is 0.0150. The molecule has 5 heteroatoms. The quantitative estimate of drug-likeness (QED) is 0.571. The van der Waals surface area contributed by atoms with Crippen LogP contribution >= 0.6 is 0 Å². The van der Waals surface area contributed by atoms with Crippen LogP contribution in [0.15, 0.2) is 9.98 Å². The Morgan fingerprint density at radius 3 is 2.93 bits per heavy atom. The highest BCUT2D eigenvalue weighted by Gasteiger charge is 2.10. The monoisotopic (exact) mass is 197 g/mol. The molecule has 0 aromatic carbocycles. The van der Waals surface area contributed by atoms with Crippen molar-refractivity contribution in [3.05, 3.63) is 0 Å². The molecule has 0 saturated carbocycles. The van der Waals surface area contributed by atoms with Gasteiger partial charge < -0.3 is 11.1 Å². The first-order chi connectivity index (χ1) is 6.72. The van der Waals surface area contributed by atoms with Gasteiger partial charge in [0.2, 0.25) is 0 Å². The standard InChI is InChI=1S/C9H19N5/c1-3-4-5-6-11-9-13-7(2)12-8(10)14-9/h7H,3-6H2,1-2H3,(H4,10,11,12,13,14). The summed E-state index contributed by atoms with van der Waals surface area (Å²) >= 11 is 0. The van der Waals surface area contributed by atoms with Crippen LogP contribution in [0.1, 0.15) is 33.1 Å². The maximum atomic E-state index is 5.56. The molecular formula is C9H19N5. The zero-order valence-electron chi connectivity index (χ0n) is 8.88. The van der Waals surface area contributed by atoms with Crippen molar-refractivity contribution in [1.29, 1.82) is 0 Å². The van der Waals surface area contributed by atoms with Crippen LogP contribution in [-0.4, -0.2) is 24.6 Å². The van der Waals surface area contributed by atoms with Crippen molar-refractivity contribution in [1.82, 2.24) is 10.6 Å². The summed E-state index contributed by atoms with van der Waals surface area (Å²) in [5.74, 6) is 1.17. The van der Waals surface area contributed by atoms with E-state index in [1.165, 1.54) is 12.8 Å². The Bertz CT molecular complexity index is 233. The number of hydrogen-bond acceptors (Lipinski definition) is 3. The molecule has 4 N–H and O–H groups in total. The Morgan fingerprint density at radius 2 is 2.29 bits per heavy atom. The smallest absolute Gasteiger partial charge is 0.199 e. The van der Waals surface area contributed by atoms with Crippen LogP contribution in [0.5, 0.6) is 0 Å². The van der Waals surface area contributed by atoms with E-state index >= 15 is 0 Å². The lowest BCUT2D eigenvalue weighted by Crippen LogP contribution is -2.52. The average molecular weight is 197 g/mol. The van der Waals surface area contributed by atoms with Gasteiger partial charge in [-0.15, -0.1) is 0 Å². The SMILES string of the molecule is CCCCCN=C1NC(N)=NC(C)N1. The molecule has 14 heavy (non-hydrogen) atoms. The molecule has 1 aliphatic heterocycles. The zero-order valence-corrected chi connectivity index (χ0v) is 8.88. The van der Waals surface area contributed by atoms with Crippen molar-refractivity contribution in [2.24, 2.45) is 15.7 Å². The number of nitrogens with one attached hydrogen (secondary N) is 2. The fourth-order valence-electron chi connectivity index (χ4n) is 1.27. The zero-order chi connectivity index (χ0) is 10.4. The minimum absolute atomic E-state index is 0.0150. The van der Waals surface area contributed by atoms with E-state index in [2.05, 4.69) is 27.5 Å². The third kappa shape index (κ3) is 3.64. The summed E-state index contributed by atoms with van der Waals surface area (Å²) < 4.78 is 0. The highest BCUT2D eigenvalue weighted by molar-refractivity contribution is 5.99. The highest BCUT2D eigenvalue weighted by atomic mass is 15.3. The Hall–Kier alpha value is -1.26. The van der Waals surface area contributed by atoms with E-state index in [4.69, 9.17) is 5.73 Å². The van der Waals surface area contributed by atoms with Crippen LogP contribution in [0.2, 0.25) is 0 Å². The molecule has 1 rings (SSSR count). The van der Waals surface area contributed by atoms with Crippen LogP contribution in [0, 0.1) is 0 Å². The van der Waals surface area contributed by atoms with Gasteiger partial charge in [0.15, 0.2) is 11.9 Å². The van der Waals surface area contributed by atoms with E-state index < -0.39 is 0 Å². The fraction of sp³-hybridized carbons (Fsp3) is 0.778. The summed E-state index contributed by atoms with van der Waals surface area (Å²) in [5, 5.41) is 5.99. The third-order valence-electron chi connectivity index (χ3n) is 1.96. The minimum Gasteiger partial charge on any atom is -0.370 e. The van der Waals surface area contributed by atoms with Crippen LogP contribution in [-0.2, 0) is 0 Å². The van der Waals surface area contributed by atoms with Gasteiger partial charge in [0, 0.05) is 6.54 Å². The molecule has 0 bridgehead atoms. The maximum Gasteiger partial charge on any atom is 0.199 e. The third-order valence-corrected chi connectivity index (χ3v) is 1.96. The van der Waals surface area contributed by atoms with Crippen molar-refractivity contribution >= 4 is 11.9 Å². The van der Waals surface area contributed by atoms with Crippen LogP contribution in [0.3, 0.4) is 0 Å². The number of hydrogen-bond donors (Lipinski definition) is 3. The van der Waals surface area contributed by atoms with Crippen LogP contribution in [0.25, 0.3) is 0 Å². The normalized spacial score (nSPS) is 24.0. The van der Waals surface area contributed by atoms with Crippen LogP contribution < -0.4 is 16.4 Å². The van der Waals surface area contributed by atoms with Crippen molar-refractivity contribution in [3.8, 4) is 0 Å². The molecule has 0 aromatic rings. The van der Waals surface area contributed by atoms with Gasteiger partial charge in [0.1, 0.15) is 6.17 Å². The molecular weight excluding hydrogens is 178 g/mol. The molecule has 1 atom stereocenters. The van der Waals surface area contributed by atoms with Gasteiger partial charge in [0.05, 0.1) is 0 Å². The Kier molecular flexibility index (Phi) is 4.22. The molecule has 0 amide bonds. The van der Waals surface area contributed by atoms with Gasteiger partial charge in [-0.3, -0.25) is 10.3 Å². The number of aliphatic imine (C=N–C) groups is 2. The van der Waals surface area contributed by atoms with Gasteiger partial charge in [-0.25, -0.2) is 4.99 Å². The first-order valence-electron chi connectivity index (χ1n) is 5.13. The number of nitrogens with two attached hydrogens (primary N) is 1. The van der Waals surface area contributed by atoms with Crippen LogP contribution in [0.4, 0.5) is 0 Å². The molecule has 0 spiro atoms. The van der Waals surface area contributed by atoms with E-state index in [0.717, 1.165) is 18.9 Å². The van der Waals surface area contributed by atoms with Gasteiger partial charge in [0.25, 0.3) is 0 Å². The summed E-state index contributed by atoms with van der Waals surface area (Å²) in [4.78, 5) is 8.42. The van der Waals surface area contributed by atoms with Gasteiger partial charge in [-0.1, -0.05) is 19.8 Å². The summed E-state index contributed by atoms with van der Waals surface area (Å²) in [6.07, 6.45) is 3.57. The van der Waals surface area contributed by atoms with Gasteiger partial charge in [-0.2, -0.15) is 0 Å². The predicted molar refractivity (Wildman–Crippen MR) is 59.2 cm³/mol. The van der Waals surface area contributed by atoms with Gasteiger partial charge >= 0.3 is 0 Å². The molecule has 5 nitrogen and oxygen atoms in total. The Balaban J connectivity index is 2.34. The van der Waals surface area contributed by atoms with E-state index in [1.807, 2.05) is 6.92 Å². The van der Waals surface area contributed by atoms with E-state index in [0.29, 0.717) is 5.96 Å². The molecule has 0 fully saturated rings. The molecule has 1 aliphatic rings. The molecule has 0 aromatic heterocycles. The largest absolute Gasteiger partial charge is 0.370 e. The molecule has 0 saturated heterocycles. The van der Waals surface area contributed by atoms with E-state index in [-0.39, 0.29) is 6.17 Å². The van der Waals surface area contributed by atoms with E-state index in [1.54, 1.807) is 0 Å². The topological polar surface area (TPSA) is 74.8 Å². The predicted octanol–water partition coefficient (Wildman–Crippen LogP) is 0.386. The first kappa shape index (κ1) is 10.8. The molecule has 80 valence electrons. The molecule has 1 heterocycles. The van der Waals surface area contributed by atoms with Crippen molar-refractivity contribution in [3.63, 3.8) is 0 Å². The summed E-state index contributed by atoms with van der Waals surface area (Å²) in [7, 11) is 0. The number of unbranched alkanes of at least 4 members (excludes halogenated alkanes) is 2. The van der Waals surface area contributed by atoms with E-state index in [9.17, 15) is 0 Å². The number of rotatable bonds is 4. The highest BCUT2D eigenvalue weighted by Crippen LogP contribution is 1.95. The second kappa shape index (κ2) is 5.47. The lowest BCUT2D eigenvalue weighted by molar-refractivity contribution is 0.657. The Morgan fingerprint density at radius 1 is 1.50 bits per heavy atom. The number of guanidine groups is 2. The van der Waals surface area contributed by atoms with Crippen molar-refractivity contribution in [2.75, 3.05) is 6.54 Å². The first-order valence-corrected chi connectivity index (χ1v) is 5.13. The maximum absolute atomic E-state index is 5.56. The Labute approximate surface area is 84.9 Å². The second-order valence-electron chi connectivity index (χ2n) is 3.40. The second-order valence-corrected chi connectivity index (χ2v) is 3.40. The van der Waals surface area contributed by atoms with Crippen molar-refractivity contribution < 1.29 is 0 Å². The average Bonchev–Trinajstić information content (AvgIpc) is 2.11. The number of nitrogens with zero attached hydrogens (tertiary/aromatic N) is 2. The summed E-state index contributed by atoms with van der Waals surface area (Å²) in [5.41, 5.74) is 5.56.